The minimum atomic E-state index is 0. The number of carbonyl (C=O) groups is 2. The molecule has 4 aromatic rings. The largest absolute Gasteiger partial charge is 1.00 e. The number of halogens is 2. The summed E-state index contributed by atoms with van der Waals surface area (Å²) in [7, 11) is 6.75. The van der Waals surface area contributed by atoms with Crippen LogP contribution < -0.4 is 54.1 Å². The molecule has 0 fully saturated rings. The number of hydrogen-bond acceptors (Lipinski definition) is 6. The second-order valence-corrected chi connectivity index (χ2v) is 14.1. The molecule has 4 rings (SSSR count). The van der Waals surface area contributed by atoms with E-state index < -0.39 is 0 Å². The van der Waals surface area contributed by atoms with Crippen LogP contribution in [0.5, 0.6) is 11.5 Å². The van der Waals surface area contributed by atoms with E-state index in [1.165, 1.54) is 0 Å². The molecule has 2 heterocycles. The molecule has 0 saturated carbocycles. The number of amides is 2. The zero-order chi connectivity index (χ0) is 35.2. The van der Waals surface area contributed by atoms with E-state index in [4.69, 9.17) is 9.47 Å². The van der Waals surface area contributed by atoms with Crippen molar-refractivity contribution in [2.45, 2.75) is 38.8 Å². The second kappa shape index (κ2) is 25.9. The maximum Gasteiger partial charge on any atom is 0.220 e. The lowest BCUT2D eigenvalue weighted by atomic mass is 10.2. The Morgan fingerprint density at radius 2 is 1.00 bits per heavy atom. The summed E-state index contributed by atoms with van der Waals surface area (Å²) in [5.74, 6) is 3.46. The summed E-state index contributed by atoms with van der Waals surface area (Å²) in [4.78, 5) is 24.8. The van der Waals surface area contributed by atoms with Crippen LogP contribution >= 0.6 is 21.6 Å². The lowest BCUT2D eigenvalue weighted by molar-refractivity contribution is -0.699. The minimum absolute atomic E-state index is 0. The molecule has 278 valence electrons. The molecule has 0 saturated heterocycles. The SMILES string of the molecule is COc1ccc(/C=C/c2cccc[n+]2CCCC(=O)NCCSSCCNC(=O)CCC[n+]2ccccc2/C=C/c2ccc(OC)cc2)cc1.[Cl-].[Cl-]. The summed E-state index contributed by atoms with van der Waals surface area (Å²) in [5, 5.41) is 6.04. The van der Waals surface area contributed by atoms with Crippen molar-refractivity contribution in [1.82, 2.24) is 10.6 Å². The monoisotopic (exact) mass is 782 g/mol. The Hall–Kier alpha value is -3.96. The van der Waals surface area contributed by atoms with Crippen molar-refractivity contribution in [3.05, 3.63) is 120 Å². The van der Waals surface area contributed by atoms with Gasteiger partial charge in [-0.25, -0.2) is 0 Å². The first-order chi connectivity index (χ1) is 24.5. The van der Waals surface area contributed by atoms with Gasteiger partial charge in [0.15, 0.2) is 12.4 Å². The molecule has 0 aliphatic carbocycles. The second-order valence-electron chi connectivity index (χ2n) is 11.4. The molecule has 0 spiro atoms. The first kappa shape index (κ1) is 44.2. The van der Waals surface area contributed by atoms with E-state index in [2.05, 4.69) is 56.2 Å². The number of rotatable bonds is 21. The fraction of sp³-hybridized carbons (Fsp3) is 0.300. The van der Waals surface area contributed by atoms with Gasteiger partial charge in [0.1, 0.15) is 24.6 Å². The fourth-order valence-electron chi connectivity index (χ4n) is 5.06. The van der Waals surface area contributed by atoms with Crippen LogP contribution in [0, 0.1) is 0 Å². The molecule has 2 aromatic heterocycles. The van der Waals surface area contributed by atoms with Crippen LogP contribution in [0.2, 0.25) is 0 Å². The van der Waals surface area contributed by atoms with Crippen molar-refractivity contribution in [1.29, 1.82) is 0 Å². The Morgan fingerprint density at radius 3 is 1.38 bits per heavy atom. The molecule has 0 unspecified atom stereocenters. The molecule has 2 aromatic carbocycles. The Balaban J connectivity index is 0.00000468. The van der Waals surface area contributed by atoms with Crippen molar-refractivity contribution in [3.63, 3.8) is 0 Å². The van der Waals surface area contributed by atoms with Crippen molar-refractivity contribution >= 4 is 57.7 Å². The zero-order valence-electron chi connectivity index (χ0n) is 29.7. The number of benzene rings is 2. The predicted octanol–water partition coefficient (Wildman–Crippen LogP) is 0.502. The van der Waals surface area contributed by atoms with Crippen molar-refractivity contribution in [3.8, 4) is 11.5 Å². The number of ether oxygens (including phenoxy) is 2. The van der Waals surface area contributed by atoms with Gasteiger partial charge in [0.2, 0.25) is 23.2 Å². The van der Waals surface area contributed by atoms with Gasteiger partial charge in [0.25, 0.3) is 0 Å². The molecular weight excluding hydrogens is 736 g/mol. The molecule has 0 atom stereocenters. The summed E-state index contributed by atoms with van der Waals surface area (Å²) >= 11 is 0. The van der Waals surface area contributed by atoms with Crippen LogP contribution in [-0.2, 0) is 22.7 Å². The van der Waals surface area contributed by atoms with E-state index in [0.717, 1.165) is 71.5 Å². The zero-order valence-corrected chi connectivity index (χ0v) is 32.9. The highest BCUT2D eigenvalue weighted by atomic mass is 35.5. The van der Waals surface area contributed by atoms with Gasteiger partial charge in [-0.15, -0.1) is 0 Å². The van der Waals surface area contributed by atoms with Gasteiger partial charge in [-0.3, -0.25) is 9.59 Å². The summed E-state index contributed by atoms with van der Waals surface area (Å²) < 4.78 is 14.8. The molecule has 8 nitrogen and oxygen atoms in total. The number of hydrogen-bond donors (Lipinski definition) is 2. The van der Waals surface area contributed by atoms with E-state index in [0.29, 0.717) is 25.9 Å². The quantitative estimate of drug-likeness (QED) is 0.0729. The molecule has 0 bridgehead atoms. The maximum absolute atomic E-state index is 12.4. The third-order valence-corrected chi connectivity index (χ3v) is 10.2. The smallest absolute Gasteiger partial charge is 0.220 e. The van der Waals surface area contributed by atoms with Crippen LogP contribution in [0.15, 0.2) is 97.3 Å². The minimum Gasteiger partial charge on any atom is -1.00 e. The number of nitrogens with zero attached hydrogens (tertiary/aromatic N) is 2. The van der Waals surface area contributed by atoms with Crippen molar-refractivity contribution in [2.75, 3.05) is 38.8 Å². The topological polar surface area (TPSA) is 84.4 Å². The van der Waals surface area contributed by atoms with E-state index in [1.54, 1.807) is 35.8 Å². The average molecular weight is 784 g/mol. The maximum atomic E-state index is 12.4. The van der Waals surface area contributed by atoms with Gasteiger partial charge in [0.05, 0.1) is 14.2 Å². The Labute approximate surface area is 328 Å². The van der Waals surface area contributed by atoms with Gasteiger partial charge >= 0.3 is 0 Å². The Morgan fingerprint density at radius 1 is 0.596 bits per heavy atom. The third kappa shape index (κ3) is 16.6. The summed E-state index contributed by atoms with van der Waals surface area (Å²) in [6, 6.07) is 28.1. The van der Waals surface area contributed by atoms with Gasteiger partial charge < -0.3 is 44.9 Å². The van der Waals surface area contributed by atoms with Crippen LogP contribution in [0.1, 0.15) is 48.2 Å². The summed E-state index contributed by atoms with van der Waals surface area (Å²) in [6.45, 7) is 2.79. The van der Waals surface area contributed by atoms with Crippen LogP contribution in [0.3, 0.4) is 0 Å². The van der Waals surface area contributed by atoms with Gasteiger partial charge in [-0.05, 0) is 59.7 Å². The first-order valence-electron chi connectivity index (χ1n) is 16.9. The standard InChI is InChI=1S/C40H46N4O4S2.2ClH/c1-47-37-21-15-33(16-22-37)13-19-35-9-3-5-27-43(35)29-7-11-39(45)41-25-31-49-50-32-26-42-40(46)12-8-30-44-28-6-4-10-36(44)20-14-34-17-23-38(48-2)24-18-34;;/h3-6,9-10,13-24,27-28H,7-8,11-12,25-26,29-32H2,1-2H3;2*1H/b19-13+,20-14+;;. The number of aryl methyl sites for hydroxylation is 2. The Bertz CT molecular complexity index is 1570. The van der Waals surface area contributed by atoms with Crippen molar-refractivity contribution < 1.29 is 53.0 Å². The molecule has 2 amide bonds. The average Bonchev–Trinajstić information content (AvgIpc) is 3.15. The van der Waals surface area contributed by atoms with E-state index >= 15 is 0 Å². The van der Waals surface area contributed by atoms with Crippen LogP contribution in [0.25, 0.3) is 24.3 Å². The molecule has 0 radical (unpaired) electrons. The van der Waals surface area contributed by atoms with E-state index in [1.807, 2.05) is 85.2 Å². The highest BCUT2D eigenvalue weighted by Gasteiger charge is 2.10. The van der Waals surface area contributed by atoms with E-state index in [9.17, 15) is 9.59 Å². The molecular formula is C40H48Cl2N4O4S2. The first-order valence-corrected chi connectivity index (χ1v) is 19.4. The number of nitrogens with one attached hydrogen (secondary N) is 2. The lowest BCUT2D eigenvalue weighted by Crippen LogP contribution is -3.00. The van der Waals surface area contributed by atoms with Gasteiger partial charge in [0, 0.05) is 86.7 Å². The Kier molecular flexibility index (Phi) is 22.0. The third-order valence-electron chi connectivity index (χ3n) is 7.78. The van der Waals surface area contributed by atoms with E-state index in [-0.39, 0.29) is 36.6 Å². The van der Waals surface area contributed by atoms with Crippen LogP contribution in [0.4, 0.5) is 0 Å². The molecule has 12 heteroatoms. The number of methoxy groups -OCH3 is 2. The van der Waals surface area contributed by atoms with Crippen LogP contribution in [-0.4, -0.2) is 50.6 Å². The van der Waals surface area contributed by atoms with Gasteiger partial charge in [-0.2, -0.15) is 9.13 Å². The lowest BCUT2D eigenvalue weighted by Gasteiger charge is -2.06. The summed E-state index contributed by atoms with van der Waals surface area (Å²) in [6.07, 6.45) is 14.9. The normalized spacial score (nSPS) is 10.7. The van der Waals surface area contributed by atoms with Gasteiger partial charge in [-0.1, -0.05) is 45.9 Å². The highest BCUT2D eigenvalue weighted by molar-refractivity contribution is 8.76. The molecule has 0 aliphatic heterocycles. The fourth-order valence-corrected chi connectivity index (χ4v) is 6.87. The number of carbonyl (C=O) groups excluding carboxylic acids is 2. The summed E-state index contributed by atoms with van der Waals surface area (Å²) in [5.41, 5.74) is 4.37. The van der Waals surface area contributed by atoms with Crippen molar-refractivity contribution in [2.24, 2.45) is 0 Å². The molecule has 2 N–H and O–H groups in total. The predicted molar refractivity (Wildman–Crippen MR) is 207 cm³/mol. The highest BCUT2D eigenvalue weighted by Crippen LogP contribution is 2.19. The molecule has 0 aliphatic rings. The number of aromatic nitrogens is 2. The molecule has 52 heavy (non-hydrogen) atoms. The number of pyridine rings is 2.